The van der Waals surface area contributed by atoms with E-state index in [2.05, 4.69) is 0 Å². The van der Waals surface area contributed by atoms with Crippen LogP contribution in [-0.2, 0) is 10.0 Å². The van der Waals surface area contributed by atoms with Crippen LogP contribution in [0.4, 0.5) is 11.5 Å². The Hall–Kier alpha value is -5.27. The lowest BCUT2D eigenvalue weighted by atomic mass is 10.1. The van der Waals surface area contributed by atoms with Gasteiger partial charge >= 0.3 is 0 Å². The van der Waals surface area contributed by atoms with Crippen LogP contribution in [0.1, 0.15) is 21.5 Å². The Morgan fingerprint density at radius 2 is 1.14 bits per heavy atom. The molecule has 0 unspecified atom stereocenters. The molecular weight excluding hydrogens is 554 g/mol. The summed E-state index contributed by atoms with van der Waals surface area (Å²) in [5.74, 6) is 0.134. The lowest BCUT2D eigenvalue weighted by Gasteiger charge is -2.24. The first-order chi connectivity index (χ1) is 20.8. The summed E-state index contributed by atoms with van der Waals surface area (Å²) >= 11 is 0. The maximum Gasteiger partial charge on any atom is 0.269 e. The number of hydrogen-bond donors (Lipinski definition) is 0. The second kappa shape index (κ2) is 11.5. The van der Waals surface area contributed by atoms with Gasteiger partial charge in [-0.1, -0.05) is 114 Å². The molecule has 0 saturated heterocycles. The predicted octanol–water partition coefficient (Wildman–Crippen LogP) is 8.05. The Morgan fingerprint density at radius 3 is 1.72 bits per heavy atom. The van der Waals surface area contributed by atoms with Gasteiger partial charge in [0.25, 0.3) is 15.9 Å². The van der Waals surface area contributed by atoms with Gasteiger partial charge in [-0.3, -0.25) is 9.36 Å². The van der Waals surface area contributed by atoms with E-state index in [0.717, 1.165) is 11.1 Å². The Balaban J connectivity index is 1.73. The number of rotatable bonds is 7. The standard InChI is InChI=1S/C36H29N3O3S/c1-26-18-22-29(23-19-26)34-37-35(33(28-12-6-3-7-13-28)38(34)36(40)30-14-8-4-9-15-30)39(31-16-10-5-11-17-31)43(41,42)32-24-20-27(2)21-25-32/h3-25H,1-2H3. The maximum absolute atomic E-state index is 14.6. The zero-order valence-corrected chi connectivity index (χ0v) is 24.6. The van der Waals surface area contributed by atoms with E-state index in [1.54, 1.807) is 72.8 Å². The first-order valence-corrected chi connectivity index (χ1v) is 15.3. The van der Waals surface area contributed by atoms with Crippen molar-refractivity contribution in [3.05, 3.63) is 156 Å². The van der Waals surface area contributed by atoms with Crippen molar-refractivity contribution in [3.8, 4) is 22.6 Å². The third-order valence-corrected chi connectivity index (χ3v) is 8.91. The second-order valence-corrected chi connectivity index (χ2v) is 12.1. The number of aromatic nitrogens is 2. The first kappa shape index (κ1) is 27.9. The molecule has 212 valence electrons. The van der Waals surface area contributed by atoms with Crippen LogP contribution in [0, 0.1) is 13.8 Å². The van der Waals surface area contributed by atoms with Gasteiger partial charge in [0.05, 0.1) is 10.6 Å². The minimum atomic E-state index is -4.19. The fourth-order valence-corrected chi connectivity index (χ4v) is 6.41. The van der Waals surface area contributed by atoms with Crippen LogP contribution in [0.25, 0.3) is 22.6 Å². The molecule has 6 rings (SSSR count). The van der Waals surface area contributed by atoms with E-state index < -0.39 is 10.0 Å². The van der Waals surface area contributed by atoms with Gasteiger partial charge in [-0.05, 0) is 50.2 Å². The zero-order valence-electron chi connectivity index (χ0n) is 23.8. The average molecular weight is 584 g/mol. The van der Waals surface area contributed by atoms with Crippen LogP contribution in [-0.4, -0.2) is 23.9 Å². The van der Waals surface area contributed by atoms with Crippen LogP contribution in [0.2, 0.25) is 0 Å². The summed E-state index contributed by atoms with van der Waals surface area (Å²) in [7, 11) is -4.19. The van der Waals surface area contributed by atoms with Crippen molar-refractivity contribution in [2.75, 3.05) is 4.31 Å². The highest BCUT2D eigenvalue weighted by Gasteiger charge is 2.35. The molecule has 0 saturated carbocycles. The zero-order chi connectivity index (χ0) is 30.0. The molecule has 43 heavy (non-hydrogen) atoms. The van der Waals surface area contributed by atoms with Crippen molar-refractivity contribution in [2.24, 2.45) is 0 Å². The molecule has 7 heteroatoms. The SMILES string of the molecule is Cc1ccc(-c2nc(N(c3ccccc3)S(=O)(=O)c3ccc(C)cc3)c(-c3ccccc3)n2C(=O)c2ccccc2)cc1. The highest BCUT2D eigenvalue weighted by molar-refractivity contribution is 7.93. The third kappa shape index (κ3) is 5.38. The molecule has 1 aromatic heterocycles. The number of sulfonamides is 1. The molecule has 0 fully saturated rings. The van der Waals surface area contributed by atoms with E-state index in [4.69, 9.17) is 4.98 Å². The molecule has 0 bridgehead atoms. The van der Waals surface area contributed by atoms with Crippen LogP contribution in [0.5, 0.6) is 0 Å². The quantitative estimate of drug-likeness (QED) is 0.191. The van der Waals surface area contributed by atoms with Crippen molar-refractivity contribution >= 4 is 27.4 Å². The van der Waals surface area contributed by atoms with E-state index in [9.17, 15) is 13.2 Å². The number of nitrogens with zero attached hydrogens (tertiary/aromatic N) is 3. The number of para-hydroxylation sites is 1. The smallest absolute Gasteiger partial charge is 0.268 e. The second-order valence-electron chi connectivity index (χ2n) is 10.3. The minimum Gasteiger partial charge on any atom is -0.268 e. The molecule has 5 aromatic carbocycles. The van der Waals surface area contributed by atoms with Crippen molar-refractivity contribution < 1.29 is 13.2 Å². The molecule has 0 amide bonds. The number of carbonyl (C=O) groups excluding carboxylic acids is 1. The highest BCUT2D eigenvalue weighted by Crippen LogP contribution is 2.42. The summed E-state index contributed by atoms with van der Waals surface area (Å²) in [6.45, 7) is 3.89. The molecule has 6 aromatic rings. The van der Waals surface area contributed by atoms with E-state index in [-0.39, 0.29) is 16.6 Å². The Morgan fingerprint density at radius 1 is 0.628 bits per heavy atom. The molecule has 0 N–H and O–H groups in total. The van der Waals surface area contributed by atoms with Crippen molar-refractivity contribution in [1.82, 2.24) is 9.55 Å². The Bertz CT molecular complexity index is 1990. The van der Waals surface area contributed by atoms with Gasteiger partial charge < -0.3 is 0 Å². The van der Waals surface area contributed by atoms with Crippen LogP contribution < -0.4 is 4.31 Å². The average Bonchev–Trinajstić information content (AvgIpc) is 3.42. The summed E-state index contributed by atoms with van der Waals surface area (Å²) in [6, 6.07) is 41.5. The summed E-state index contributed by atoms with van der Waals surface area (Å²) < 4.78 is 31.9. The topological polar surface area (TPSA) is 72.3 Å². The fourth-order valence-electron chi connectivity index (χ4n) is 4.96. The summed E-state index contributed by atoms with van der Waals surface area (Å²) in [4.78, 5) is 19.5. The van der Waals surface area contributed by atoms with Crippen molar-refractivity contribution in [2.45, 2.75) is 18.7 Å². The van der Waals surface area contributed by atoms with Gasteiger partial charge in [0.1, 0.15) is 11.5 Å². The number of hydrogen-bond acceptors (Lipinski definition) is 4. The van der Waals surface area contributed by atoms with Gasteiger partial charge in [0.2, 0.25) is 0 Å². The predicted molar refractivity (Wildman–Crippen MR) is 171 cm³/mol. The number of aryl methyl sites for hydroxylation is 2. The molecule has 0 aliphatic rings. The number of benzene rings is 5. The first-order valence-electron chi connectivity index (χ1n) is 13.9. The maximum atomic E-state index is 14.6. The highest BCUT2D eigenvalue weighted by atomic mass is 32.2. The van der Waals surface area contributed by atoms with E-state index >= 15 is 0 Å². The molecule has 0 radical (unpaired) electrons. The molecule has 0 spiro atoms. The Labute approximate surface area is 251 Å². The third-order valence-electron chi connectivity index (χ3n) is 7.18. The normalized spacial score (nSPS) is 11.3. The summed E-state index contributed by atoms with van der Waals surface area (Å²) in [5, 5.41) is 0. The summed E-state index contributed by atoms with van der Waals surface area (Å²) in [6.07, 6.45) is 0. The van der Waals surface area contributed by atoms with Gasteiger partial charge in [-0.15, -0.1) is 0 Å². The number of anilines is 2. The van der Waals surface area contributed by atoms with Crippen LogP contribution in [0.3, 0.4) is 0 Å². The fraction of sp³-hybridized carbons (Fsp3) is 0.0556. The van der Waals surface area contributed by atoms with Gasteiger partial charge in [-0.25, -0.2) is 17.7 Å². The van der Waals surface area contributed by atoms with Gasteiger partial charge in [0.15, 0.2) is 5.82 Å². The van der Waals surface area contributed by atoms with E-state index in [1.807, 2.05) is 80.6 Å². The van der Waals surface area contributed by atoms with E-state index in [0.29, 0.717) is 33.9 Å². The lowest BCUT2D eigenvalue weighted by molar-refractivity contribution is 0.0963. The molecule has 1 heterocycles. The van der Waals surface area contributed by atoms with Crippen molar-refractivity contribution in [3.63, 3.8) is 0 Å². The number of carbonyl (C=O) groups is 1. The van der Waals surface area contributed by atoms with Crippen LogP contribution >= 0.6 is 0 Å². The van der Waals surface area contributed by atoms with Crippen molar-refractivity contribution in [1.29, 1.82) is 0 Å². The summed E-state index contributed by atoms with van der Waals surface area (Å²) in [5.41, 5.74) is 4.52. The Kier molecular flexibility index (Phi) is 7.49. The molecule has 0 aliphatic carbocycles. The van der Waals surface area contributed by atoms with Crippen LogP contribution in [0.15, 0.2) is 144 Å². The van der Waals surface area contributed by atoms with Gasteiger partial charge in [0, 0.05) is 16.7 Å². The minimum absolute atomic E-state index is 0.113. The monoisotopic (exact) mass is 583 g/mol. The largest absolute Gasteiger partial charge is 0.269 e. The lowest BCUT2D eigenvalue weighted by Crippen LogP contribution is -2.27. The molecule has 6 nitrogen and oxygen atoms in total. The van der Waals surface area contributed by atoms with Gasteiger partial charge in [-0.2, -0.15) is 0 Å². The molecule has 0 atom stereocenters. The number of imidazole rings is 1. The van der Waals surface area contributed by atoms with E-state index in [1.165, 1.54) is 8.87 Å². The molecular formula is C36H29N3O3S. The molecule has 0 aliphatic heterocycles.